The summed E-state index contributed by atoms with van der Waals surface area (Å²) in [5.41, 5.74) is 1.32. The van der Waals surface area contributed by atoms with Gasteiger partial charge in [-0.3, -0.25) is 4.79 Å². The monoisotopic (exact) mass is 338 g/mol. The average molecular weight is 338 g/mol. The summed E-state index contributed by atoms with van der Waals surface area (Å²) in [6.07, 6.45) is 4.06. The third-order valence-corrected chi connectivity index (χ3v) is 5.66. The van der Waals surface area contributed by atoms with Crippen LogP contribution in [0.5, 0.6) is 0 Å². The van der Waals surface area contributed by atoms with Crippen molar-refractivity contribution < 1.29 is 4.79 Å². The van der Waals surface area contributed by atoms with E-state index in [1.165, 1.54) is 29.2 Å². The second-order valence-electron chi connectivity index (χ2n) is 7.49. The number of fused-ring (bicyclic) bond motifs is 1. The molecule has 1 aliphatic rings. The number of likely N-dealkylation sites (N-methyl/N-ethyl adjacent to an activating group) is 1. The lowest BCUT2D eigenvalue weighted by Gasteiger charge is -2.29. The molecule has 0 aliphatic carbocycles. The van der Waals surface area contributed by atoms with Gasteiger partial charge in [0.15, 0.2) is 0 Å². The van der Waals surface area contributed by atoms with E-state index in [0.29, 0.717) is 18.3 Å². The van der Waals surface area contributed by atoms with Gasteiger partial charge in [-0.05, 0) is 60.5 Å². The van der Waals surface area contributed by atoms with E-state index in [0.717, 1.165) is 26.1 Å². The number of hydrogen-bond donors (Lipinski definition) is 1. The van der Waals surface area contributed by atoms with Crippen molar-refractivity contribution in [2.45, 2.75) is 32.6 Å². The largest absolute Gasteiger partial charge is 0.345 e. The maximum atomic E-state index is 12.6. The van der Waals surface area contributed by atoms with E-state index in [9.17, 15) is 4.79 Å². The molecule has 0 bridgehead atoms. The second-order valence-corrected chi connectivity index (χ2v) is 7.49. The Morgan fingerprint density at radius 3 is 2.84 bits per heavy atom. The molecule has 0 saturated carbocycles. The van der Waals surface area contributed by atoms with Gasteiger partial charge in [0.25, 0.3) is 0 Å². The number of nitrogens with zero attached hydrogens (tertiary/aromatic N) is 1. The maximum absolute atomic E-state index is 12.6. The summed E-state index contributed by atoms with van der Waals surface area (Å²) < 4.78 is 0. The topological polar surface area (TPSA) is 32.3 Å². The van der Waals surface area contributed by atoms with Crippen molar-refractivity contribution in [3.63, 3.8) is 0 Å². The van der Waals surface area contributed by atoms with Crippen LogP contribution in [0.2, 0.25) is 0 Å². The normalized spacial score (nSPS) is 18.9. The minimum atomic E-state index is 0.276. The Balaban J connectivity index is 1.54. The van der Waals surface area contributed by atoms with Gasteiger partial charge in [-0.15, -0.1) is 0 Å². The van der Waals surface area contributed by atoms with Crippen molar-refractivity contribution >= 4 is 16.7 Å². The summed E-state index contributed by atoms with van der Waals surface area (Å²) in [6.45, 7) is 5.20. The molecule has 0 spiro atoms. The van der Waals surface area contributed by atoms with Crippen molar-refractivity contribution in [3.05, 3.63) is 48.0 Å². The second kappa shape index (κ2) is 8.48. The number of carbonyl (C=O) groups is 1. The van der Waals surface area contributed by atoms with Crippen LogP contribution in [-0.4, -0.2) is 37.5 Å². The minimum absolute atomic E-state index is 0.276. The van der Waals surface area contributed by atoms with Crippen LogP contribution in [-0.2, 0) is 11.2 Å². The predicted octanol–water partition coefficient (Wildman–Crippen LogP) is 3.87. The van der Waals surface area contributed by atoms with Crippen molar-refractivity contribution in [1.82, 2.24) is 10.2 Å². The van der Waals surface area contributed by atoms with Crippen LogP contribution in [0.1, 0.15) is 31.7 Å². The van der Waals surface area contributed by atoms with Crippen molar-refractivity contribution in [2.24, 2.45) is 11.8 Å². The zero-order valence-electron chi connectivity index (χ0n) is 15.5. The molecule has 2 aromatic rings. The summed E-state index contributed by atoms with van der Waals surface area (Å²) in [4.78, 5) is 14.5. The molecule has 0 aromatic heterocycles. The van der Waals surface area contributed by atoms with Crippen LogP contribution in [0.4, 0.5) is 0 Å². The van der Waals surface area contributed by atoms with Gasteiger partial charge in [-0.25, -0.2) is 0 Å². The van der Waals surface area contributed by atoms with E-state index in [4.69, 9.17) is 0 Å². The fraction of sp³-hybridized carbons (Fsp3) is 0.500. The number of carbonyl (C=O) groups excluding carboxylic acids is 1. The number of benzene rings is 2. The first-order valence-electron chi connectivity index (χ1n) is 9.56. The number of piperidine rings is 1. The lowest BCUT2D eigenvalue weighted by molar-refractivity contribution is -0.131. The number of rotatable bonds is 6. The third-order valence-electron chi connectivity index (χ3n) is 5.66. The van der Waals surface area contributed by atoms with E-state index in [2.05, 4.69) is 54.7 Å². The van der Waals surface area contributed by atoms with Gasteiger partial charge in [0.2, 0.25) is 5.91 Å². The van der Waals surface area contributed by atoms with E-state index in [1.807, 2.05) is 11.9 Å². The van der Waals surface area contributed by atoms with Crippen LogP contribution in [0.3, 0.4) is 0 Å². The molecule has 2 aromatic carbocycles. The van der Waals surface area contributed by atoms with E-state index in [1.54, 1.807) is 0 Å². The van der Waals surface area contributed by atoms with Crippen LogP contribution in [0.25, 0.3) is 10.8 Å². The summed E-state index contributed by atoms with van der Waals surface area (Å²) in [5.74, 6) is 1.38. The first-order chi connectivity index (χ1) is 12.1. The van der Waals surface area contributed by atoms with Gasteiger partial charge in [0.05, 0.1) is 0 Å². The molecule has 1 N–H and O–H groups in total. The van der Waals surface area contributed by atoms with Crippen molar-refractivity contribution in [2.75, 3.05) is 26.7 Å². The lowest BCUT2D eigenvalue weighted by Crippen LogP contribution is -2.36. The van der Waals surface area contributed by atoms with E-state index in [-0.39, 0.29) is 5.91 Å². The van der Waals surface area contributed by atoms with Crippen molar-refractivity contribution in [1.29, 1.82) is 0 Å². The first-order valence-corrected chi connectivity index (χ1v) is 9.56. The quantitative estimate of drug-likeness (QED) is 0.867. The number of nitrogens with one attached hydrogen (secondary N) is 1. The zero-order valence-corrected chi connectivity index (χ0v) is 15.5. The summed E-state index contributed by atoms with van der Waals surface area (Å²) in [6, 6.07) is 14.9. The Labute approximate surface area is 151 Å². The highest BCUT2D eigenvalue weighted by Gasteiger charge is 2.23. The Hall–Kier alpha value is -1.87. The van der Waals surface area contributed by atoms with Crippen LogP contribution in [0, 0.1) is 11.8 Å². The summed E-state index contributed by atoms with van der Waals surface area (Å²) >= 11 is 0. The molecule has 1 saturated heterocycles. The van der Waals surface area contributed by atoms with Crippen LogP contribution >= 0.6 is 0 Å². The highest BCUT2D eigenvalue weighted by molar-refractivity contribution is 5.85. The zero-order chi connectivity index (χ0) is 17.6. The number of amides is 1. The van der Waals surface area contributed by atoms with Gasteiger partial charge in [-0.2, -0.15) is 0 Å². The minimum Gasteiger partial charge on any atom is -0.345 e. The highest BCUT2D eigenvalue weighted by atomic mass is 16.2. The molecule has 3 rings (SSSR count). The number of hydrogen-bond acceptors (Lipinski definition) is 2. The Morgan fingerprint density at radius 2 is 2.04 bits per heavy atom. The van der Waals surface area contributed by atoms with Gasteiger partial charge in [0.1, 0.15) is 0 Å². The molecule has 3 nitrogen and oxygen atoms in total. The predicted molar refractivity (Wildman–Crippen MR) is 105 cm³/mol. The molecule has 0 radical (unpaired) electrons. The molecule has 1 fully saturated rings. The molecule has 3 heteroatoms. The van der Waals surface area contributed by atoms with E-state index >= 15 is 0 Å². The van der Waals surface area contributed by atoms with E-state index < -0.39 is 0 Å². The lowest BCUT2D eigenvalue weighted by atomic mass is 9.85. The fourth-order valence-electron chi connectivity index (χ4n) is 3.89. The van der Waals surface area contributed by atoms with Crippen molar-refractivity contribution in [3.8, 4) is 0 Å². The van der Waals surface area contributed by atoms with Crippen LogP contribution < -0.4 is 5.32 Å². The maximum Gasteiger partial charge on any atom is 0.222 e. The van der Waals surface area contributed by atoms with Gasteiger partial charge < -0.3 is 10.2 Å². The highest BCUT2D eigenvalue weighted by Crippen LogP contribution is 2.23. The third kappa shape index (κ3) is 4.60. The van der Waals surface area contributed by atoms with Crippen LogP contribution in [0.15, 0.2) is 42.5 Å². The smallest absolute Gasteiger partial charge is 0.222 e. The molecule has 1 aliphatic heterocycles. The average Bonchev–Trinajstić information content (AvgIpc) is 2.66. The Bertz CT molecular complexity index is 701. The standard InChI is InChI=1S/C22H30N2O/c1-17(20-10-6-13-23-16-20)15-22(25)24(2)14-12-19-9-5-8-18-7-3-4-11-21(18)19/h3-5,7-9,11,17,20,23H,6,10,12-16H2,1-2H3. The molecular weight excluding hydrogens is 308 g/mol. The van der Waals surface area contributed by atoms with Gasteiger partial charge >= 0.3 is 0 Å². The van der Waals surface area contributed by atoms with Gasteiger partial charge in [-0.1, -0.05) is 49.4 Å². The SMILES string of the molecule is CC(CC(=O)N(C)CCc1cccc2ccccc12)C1CCCNC1. The summed E-state index contributed by atoms with van der Waals surface area (Å²) in [5, 5.41) is 6.03. The fourth-order valence-corrected chi connectivity index (χ4v) is 3.89. The molecule has 1 heterocycles. The molecule has 25 heavy (non-hydrogen) atoms. The molecule has 134 valence electrons. The molecule has 1 amide bonds. The molecule has 2 unspecified atom stereocenters. The molecular formula is C22H30N2O. The van der Waals surface area contributed by atoms with Gasteiger partial charge in [0, 0.05) is 20.0 Å². The molecule has 2 atom stereocenters. The summed E-state index contributed by atoms with van der Waals surface area (Å²) in [7, 11) is 1.94. The first kappa shape index (κ1) is 17.9. The Morgan fingerprint density at radius 1 is 1.24 bits per heavy atom. The Kier molecular flexibility index (Phi) is 6.09.